The Hall–Kier alpha value is -1.68. The highest BCUT2D eigenvalue weighted by atomic mass is 79.9. The zero-order valence-electron chi connectivity index (χ0n) is 10.6. The number of rotatable bonds is 2. The SMILES string of the molecule is Cc1ccc(C)c(NC(=O)c2ccc(Br)c(F)c2)c1. The highest BCUT2D eigenvalue weighted by Crippen LogP contribution is 2.20. The summed E-state index contributed by atoms with van der Waals surface area (Å²) >= 11 is 3.06. The van der Waals surface area contributed by atoms with E-state index >= 15 is 0 Å². The van der Waals surface area contributed by atoms with Gasteiger partial charge in [-0.2, -0.15) is 0 Å². The van der Waals surface area contributed by atoms with Crippen molar-refractivity contribution >= 4 is 27.5 Å². The van der Waals surface area contributed by atoms with Gasteiger partial charge in [0.1, 0.15) is 5.82 Å². The number of hydrogen-bond acceptors (Lipinski definition) is 1. The Morgan fingerprint density at radius 1 is 1.16 bits per heavy atom. The Labute approximate surface area is 119 Å². The molecule has 4 heteroatoms. The number of benzene rings is 2. The van der Waals surface area contributed by atoms with Gasteiger partial charge in [0.15, 0.2) is 0 Å². The molecule has 2 rings (SSSR count). The zero-order chi connectivity index (χ0) is 14.0. The van der Waals surface area contributed by atoms with Crippen LogP contribution in [0.15, 0.2) is 40.9 Å². The molecule has 2 aromatic carbocycles. The average Bonchev–Trinajstić information content (AvgIpc) is 2.37. The van der Waals surface area contributed by atoms with Crippen molar-refractivity contribution in [2.45, 2.75) is 13.8 Å². The first-order valence-corrected chi connectivity index (χ1v) is 6.60. The summed E-state index contributed by atoms with van der Waals surface area (Å²) in [7, 11) is 0. The first-order chi connectivity index (χ1) is 8.97. The molecule has 0 saturated heterocycles. The molecule has 1 N–H and O–H groups in total. The summed E-state index contributed by atoms with van der Waals surface area (Å²) in [6.45, 7) is 3.87. The largest absolute Gasteiger partial charge is 0.322 e. The lowest BCUT2D eigenvalue weighted by atomic mass is 10.1. The normalized spacial score (nSPS) is 10.3. The van der Waals surface area contributed by atoms with Gasteiger partial charge in [0.05, 0.1) is 4.47 Å². The third-order valence-corrected chi connectivity index (χ3v) is 3.47. The lowest BCUT2D eigenvalue weighted by Crippen LogP contribution is -2.13. The van der Waals surface area contributed by atoms with Gasteiger partial charge in [0.25, 0.3) is 5.91 Å². The second-order valence-electron chi connectivity index (χ2n) is 4.40. The van der Waals surface area contributed by atoms with Gasteiger partial charge in [-0.3, -0.25) is 4.79 Å². The van der Waals surface area contributed by atoms with Crippen LogP contribution in [0.4, 0.5) is 10.1 Å². The van der Waals surface area contributed by atoms with E-state index in [9.17, 15) is 9.18 Å². The Bertz CT molecular complexity index is 640. The van der Waals surface area contributed by atoms with Crippen LogP contribution in [-0.2, 0) is 0 Å². The van der Waals surface area contributed by atoms with Crippen molar-refractivity contribution in [2.75, 3.05) is 5.32 Å². The fourth-order valence-corrected chi connectivity index (χ4v) is 1.95. The maximum Gasteiger partial charge on any atom is 0.255 e. The third-order valence-electron chi connectivity index (χ3n) is 2.82. The monoisotopic (exact) mass is 321 g/mol. The summed E-state index contributed by atoms with van der Waals surface area (Å²) in [4.78, 5) is 12.0. The minimum absolute atomic E-state index is 0.293. The van der Waals surface area contributed by atoms with Crippen molar-refractivity contribution in [3.63, 3.8) is 0 Å². The Morgan fingerprint density at radius 3 is 2.58 bits per heavy atom. The molecular formula is C15H13BrFNO. The molecule has 2 aromatic rings. The highest BCUT2D eigenvalue weighted by molar-refractivity contribution is 9.10. The molecule has 0 aliphatic rings. The van der Waals surface area contributed by atoms with Gasteiger partial charge in [0.2, 0.25) is 0 Å². The summed E-state index contributed by atoms with van der Waals surface area (Å²) in [5.41, 5.74) is 3.06. The molecule has 1 amide bonds. The van der Waals surface area contributed by atoms with Gasteiger partial charge in [0, 0.05) is 11.3 Å². The molecule has 2 nitrogen and oxygen atoms in total. The van der Waals surface area contributed by atoms with Crippen molar-refractivity contribution < 1.29 is 9.18 Å². The van der Waals surface area contributed by atoms with Crippen molar-refractivity contribution in [1.82, 2.24) is 0 Å². The van der Waals surface area contributed by atoms with Crippen LogP contribution in [0.2, 0.25) is 0 Å². The number of hydrogen-bond donors (Lipinski definition) is 1. The molecule has 0 fully saturated rings. The molecule has 0 aromatic heterocycles. The molecule has 0 spiro atoms. The minimum atomic E-state index is -0.450. The van der Waals surface area contributed by atoms with Crippen LogP contribution < -0.4 is 5.32 Å². The summed E-state index contributed by atoms with van der Waals surface area (Å²) in [6.07, 6.45) is 0. The summed E-state index contributed by atoms with van der Waals surface area (Å²) in [5, 5.41) is 2.79. The van der Waals surface area contributed by atoms with E-state index in [2.05, 4.69) is 21.2 Å². The molecule has 19 heavy (non-hydrogen) atoms. The highest BCUT2D eigenvalue weighted by Gasteiger charge is 2.10. The van der Waals surface area contributed by atoms with Crippen LogP contribution in [0.1, 0.15) is 21.5 Å². The van der Waals surface area contributed by atoms with E-state index < -0.39 is 5.82 Å². The van der Waals surface area contributed by atoms with E-state index in [4.69, 9.17) is 0 Å². The predicted molar refractivity (Wildman–Crippen MR) is 78.0 cm³/mol. The molecule has 0 bridgehead atoms. The maximum atomic E-state index is 13.4. The number of carbonyl (C=O) groups excluding carboxylic acids is 1. The first-order valence-electron chi connectivity index (χ1n) is 5.81. The smallest absolute Gasteiger partial charge is 0.255 e. The number of amides is 1. The van der Waals surface area contributed by atoms with Gasteiger partial charge in [-0.1, -0.05) is 12.1 Å². The van der Waals surface area contributed by atoms with E-state index in [1.165, 1.54) is 12.1 Å². The second kappa shape index (κ2) is 5.53. The third kappa shape index (κ3) is 3.20. The first kappa shape index (κ1) is 13.7. The van der Waals surface area contributed by atoms with E-state index in [0.717, 1.165) is 16.8 Å². The van der Waals surface area contributed by atoms with Crippen LogP contribution in [0.3, 0.4) is 0 Å². The predicted octanol–water partition coefficient (Wildman–Crippen LogP) is 4.46. The zero-order valence-corrected chi connectivity index (χ0v) is 12.2. The molecule has 0 saturated carbocycles. The Morgan fingerprint density at radius 2 is 1.89 bits per heavy atom. The lowest BCUT2D eigenvalue weighted by molar-refractivity contribution is 0.102. The molecule has 0 aliphatic heterocycles. The molecule has 0 heterocycles. The van der Waals surface area contributed by atoms with Crippen LogP contribution in [0.5, 0.6) is 0 Å². The standard InChI is InChI=1S/C15H13BrFNO/c1-9-3-4-10(2)14(7-9)18-15(19)11-5-6-12(16)13(17)8-11/h3-8H,1-2H3,(H,18,19). The fourth-order valence-electron chi connectivity index (χ4n) is 1.70. The van der Waals surface area contributed by atoms with Gasteiger partial charge in [-0.25, -0.2) is 4.39 Å². The van der Waals surface area contributed by atoms with Crippen molar-refractivity contribution in [1.29, 1.82) is 0 Å². The van der Waals surface area contributed by atoms with Crippen LogP contribution >= 0.6 is 15.9 Å². The topological polar surface area (TPSA) is 29.1 Å². The summed E-state index contributed by atoms with van der Waals surface area (Å²) in [6, 6.07) is 10.1. The second-order valence-corrected chi connectivity index (χ2v) is 5.26. The van der Waals surface area contributed by atoms with Crippen molar-refractivity contribution in [3.8, 4) is 0 Å². The van der Waals surface area contributed by atoms with Gasteiger partial charge >= 0.3 is 0 Å². The van der Waals surface area contributed by atoms with Crippen LogP contribution in [0, 0.1) is 19.7 Å². The average molecular weight is 322 g/mol. The van der Waals surface area contributed by atoms with E-state index in [0.29, 0.717) is 10.0 Å². The minimum Gasteiger partial charge on any atom is -0.322 e. The lowest BCUT2D eigenvalue weighted by Gasteiger charge is -2.09. The van der Waals surface area contributed by atoms with Gasteiger partial charge < -0.3 is 5.32 Å². The number of halogens is 2. The molecule has 0 atom stereocenters. The van der Waals surface area contributed by atoms with Crippen LogP contribution in [-0.4, -0.2) is 5.91 Å². The number of anilines is 1. The van der Waals surface area contributed by atoms with E-state index in [-0.39, 0.29) is 5.91 Å². The Kier molecular flexibility index (Phi) is 4.00. The van der Waals surface area contributed by atoms with Crippen LogP contribution in [0.25, 0.3) is 0 Å². The number of carbonyl (C=O) groups is 1. The number of nitrogens with one attached hydrogen (secondary N) is 1. The number of aryl methyl sites for hydroxylation is 2. The van der Waals surface area contributed by atoms with Gasteiger partial charge in [-0.15, -0.1) is 0 Å². The fraction of sp³-hybridized carbons (Fsp3) is 0.133. The molecule has 0 aliphatic carbocycles. The maximum absolute atomic E-state index is 13.4. The molecule has 0 unspecified atom stereocenters. The Balaban J connectivity index is 2.25. The summed E-state index contributed by atoms with van der Waals surface area (Å²) < 4.78 is 13.7. The van der Waals surface area contributed by atoms with E-state index in [1.807, 2.05) is 32.0 Å². The van der Waals surface area contributed by atoms with Crippen molar-refractivity contribution in [2.24, 2.45) is 0 Å². The molecule has 0 radical (unpaired) electrons. The summed E-state index contributed by atoms with van der Waals surface area (Å²) in [5.74, 6) is -0.770. The quantitative estimate of drug-likeness (QED) is 0.869. The van der Waals surface area contributed by atoms with E-state index in [1.54, 1.807) is 6.07 Å². The van der Waals surface area contributed by atoms with Crippen molar-refractivity contribution in [3.05, 3.63) is 63.4 Å². The molecular weight excluding hydrogens is 309 g/mol. The molecule has 98 valence electrons. The van der Waals surface area contributed by atoms with Gasteiger partial charge in [-0.05, 0) is 65.2 Å².